The van der Waals surface area contributed by atoms with Crippen LogP contribution in [0.25, 0.3) is 6.08 Å². The summed E-state index contributed by atoms with van der Waals surface area (Å²) in [5, 5.41) is 8.00. The molecule has 0 bridgehead atoms. The lowest BCUT2D eigenvalue weighted by molar-refractivity contribution is -0.147. The number of likely N-dealkylation sites (tertiary alicyclic amines) is 1. The van der Waals surface area contributed by atoms with E-state index in [1.54, 1.807) is 15.8 Å². The van der Waals surface area contributed by atoms with E-state index in [2.05, 4.69) is 10.3 Å². The highest BCUT2D eigenvalue weighted by molar-refractivity contribution is 5.89. The maximum absolute atomic E-state index is 11.8. The summed E-state index contributed by atoms with van der Waals surface area (Å²) in [4.78, 5) is 25.2. The molecule has 3 rings (SSSR count). The summed E-state index contributed by atoms with van der Waals surface area (Å²) >= 11 is 0. The summed E-state index contributed by atoms with van der Waals surface area (Å²) in [7, 11) is 0. The minimum absolute atomic E-state index is 0.145. The Labute approximate surface area is 145 Å². The van der Waals surface area contributed by atoms with Gasteiger partial charge in [0.15, 0.2) is 6.61 Å². The molecule has 0 atom stereocenters. The lowest BCUT2D eigenvalue weighted by atomic mass is 10.2. The molecule has 1 aliphatic heterocycles. The van der Waals surface area contributed by atoms with Gasteiger partial charge in [0, 0.05) is 19.2 Å². The van der Waals surface area contributed by atoms with Crippen LogP contribution < -0.4 is 0 Å². The van der Waals surface area contributed by atoms with E-state index in [9.17, 15) is 9.59 Å². The maximum atomic E-state index is 11.8. The van der Waals surface area contributed by atoms with Crippen molar-refractivity contribution in [2.75, 3.05) is 19.7 Å². The first-order valence-corrected chi connectivity index (χ1v) is 8.27. The Kier molecular flexibility index (Phi) is 5.56. The summed E-state index contributed by atoms with van der Waals surface area (Å²) in [5.74, 6) is -0.710. The topological polar surface area (TPSA) is 77.3 Å². The van der Waals surface area contributed by atoms with Gasteiger partial charge >= 0.3 is 5.97 Å². The molecule has 0 aliphatic carbocycles. The van der Waals surface area contributed by atoms with Crippen LogP contribution in [0.3, 0.4) is 0 Å². The zero-order valence-electron chi connectivity index (χ0n) is 13.9. The van der Waals surface area contributed by atoms with Crippen molar-refractivity contribution in [3.05, 3.63) is 53.9 Å². The Balaban J connectivity index is 1.46. The van der Waals surface area contributed by atoms with Crippen molar-refractivity contribution in [3.8, 4) is 0 Å². The fourth-order valence-electron chi connectivity index (χ4n) is 2.63. The number of benzene rings is 1. The Morgan fingerprint density at radius 2 is 1.92 bits per heavy atom. The van der Waals surface area contributed by atoms with Crippen molar-refractivity contribution >= 4 is 18.0 Å². The van der Waals surface area contributed by atoms with Gasteiger partial charge in [-0.1, -0.05) is 35.5 Å². The second-order valence-corrected chi connectivity index (χ2v) is 5.86. The van der Waals surface area contributed by atoms with Crippen LogP contribution >= 0.6 is 0 Å². The van der Waals surface area contributed by atoms with Crippen molar-refractivity contribution in [1.82, 2.24) is 19.9 Å². The third-order valence-corrected chi connectivity index (χ3v) is 3.93. The van der Waals surface area contributed by atoms with Crippen LogP contribution in [0.4, 0.5) is 0 Å². The number of carbonyl (C=O) groups is 2. The second kappa shape index (κ2) is 8.23. The van der Waals surface area contributed by atoms with Gasteiger partial charge in [-0.2, -0.15) is 0 Å². The molecule has 1 aliphatic rings. The van der Waals surface area contributed by atoms with Crippen molar-refractivity contribution in [2.24, 2.45) is 0 Å². The highest BCUT2D eigenvalue weighted by atomic mass is 16.5. The van der Waals surface area contributed by atoms with Gasteiger partial charge in [0.05, 0.1) is 12.7 Å². The molecule has 7 nitrogen and oxygen atoms in total. The average molecular weight is 340 g/mol. The Morgan fingerprint density at radius 3 is 2.68 bits per heavy atom. The number of rotatable bonds is 6. The van der Waals surface area contributed by atoms with E-state index in [4.69, 9.17) is 4.74 Å². The molecule has 1 aromatic carbocycles. The first kappa shape index (κ1) is 16.9. The van der Waals surface area contributed by atoms with Gasteiger partial charge in [-0.25, -0.2) is 9.48 Å². The molecule has 25 heavy (non-hydrogen) atoms. The summed E-state index contributed by atoms with van der Waals surface area (Å²) in [5.41, 5.74) is 1.67. The standard InChI is InChI=1S/C18H20N4O3/c23-17(21-10-4-5-11-21)14-25-18(24)9-8-16-13-22(20-19-16)12-15-6-2-1-3-7-15/h1-3,6-9,13H,4-5,10-12,14H2/b9-8+. The number of aromatic nitrogens is 3. The van der Waals surface area contributed by atoms with Crippen LogP contribution in [-0.4, -0.2) is 51.5 Å². The Bertz CT molecular complexity index is 749. The number of nitrogens with zero attached hydrogens (tertiary/aromatic N) is 4. The van der Waals surface area contributed by atoms with E-state index in [0.29, 0.717) is 12.2 Å². The monoisotopic (exact) mass is 340 g/mol. The maximum Gasteiger partial charge on any atom is 0.331 e. The quantitative estimate of drug-likeness (QED) is 0.588. The zero-order valence-corrected chi connectivity index (χ0v) is 13.9. The summed E-state index contributed by atoms with van der Waals surface area (Å²) in [6.45, 7) is 1.88. The zero-order chi connectivity index (χ0) is 17.5. The van der Waals surface area contributed by atoms with Crippen LogP contribution in [0.5, 0.6) is 0 Å². The van der Waals surface area contributed by atoms with Gasteiger partial charge in [0.2, 0.25) is 0 Å². The highest BCUT2D eigenvalue weighted by Crippen LogP contribution is 2.07. The van der Waals surface area contributed by atoms with E-state index in [0.717, 1.165) is 31.5 Å². The van der Waals surface area contributed by atoms with Gasteiger partial charge in [-0.15, -0.1) is 5.10 Å². The summed E-state index contributed by atoms with van der Waals surface area (Å²) in [6.07, 6.45) is 6.55. The van der Waals surface area contributed by atoms with E-state index >= 15 is 0 Å². The molecule has 1 amide bonds. The number of hydrogen-bond donors (Lipinski definition) is 0. The van der Waals surface area contributed by atoms with Crippen LogP contribution in [0.15, 0.2) is 42.6 Å². The van der Waals surface area contributed by atoms with E-state index in [1.807, 2.05) is 30.3 Å². The molecular weight excluding hydrogens is 320 g/mol. The van der Waals surface area contributed by atoms with Crippen molar-refractivity contribution in [2.45, 2.75) is 19.4 Å². The molecule has 1 fully saturated rings. The molecule has 2 heterocycles. The predicted octanol–water partition coefficient (Wildman–Crippen LogP) is 1.51. The van der Waals surface area contributed by atoms with Gasteiger partial charge in [-0.3, -0.25) is 4.79 Å². The fourth-order valence-corrected chi connectivity index (χ4v) is 2.63. The number of ether oxygens (including phenoxy) is 1. The van der Waals surface area contributed by atoms with Crippen LogP contribution in [-0.2, 0) is 20.9 Å². The van der Waals surface area contributed by atoms with E-state index in [1.165, 1.54) is 12.2 Å². The summed E-state index contributed by atoms with van der Waals surface area (Å²) < 4.78 is 6.66. The number of amides is 1. The van der Waals surface area contributed by atoms with E-state index in [-0.39, 0.29) is 12.5 Å². The minimum atomic E-state index is -0.565. The first-order valence-electron chi connectivity index (χ1n) is 8.27. The van der Waals surface area contributed by atoms with Gasteiger partial charge in [0.25, 0.3) is 5.91 Å². The third kappa shape index (κ3) is 5.00. The van der Waals surface area contributed by atoms with Crippen molar-refractivity contribution in [1.29, 1.82) is 0 Å². The number of hydrogen-bond acceptors (Lipinski definition) is 5. The highest BCUT2D eigenvalue weighted by Gasteiger charge is 2.18. The first-order chi connectivity index (χ1) is 12.2. The molecule has 7 heteroatoms. The van der Waals surface area contributed by atoms with Crippen molar-refractivity contribution < 1.29 is 14.3 Å². The number of esters is 1. The molecule has 0 spiro atoms. The molecule has 0 unspecified atom stereocenters. The van der Waals surface area contributed by atoms with Gasteiger partial charge in [0.1, 0.15) is 5.69 Å². The third-order valence-electron chi connectivity index (χ3n) is 3.93. The van der Waals surface area contributed by atoms with Crippen LogP contribution in [0, 0.1) is 0 Å². The molecule has 0 radical (unpaired) electrons. The minimum Gasteiger partial charge on any atom is -0.452 e. The predicted molar refractivity (Wildman–Crippen MR) is 91.4 cm³/mol. The Hall–Kier alpha value is -2.96. The molecule has 2 aromatic rings. The smallest absolute Gasteiger partial charge is 0.331 e. The normalized spacial score (nSPS) is 14.2. The van der Waals surface area contributed by atoms with Crippen LogP contribution in [0.1, 0.15) is 24.1 Å². The van der Waals surface area contributed by atoms with Gasteiger partial charge in [-0.05, 0) is 24.5 Å². The molecule has 0 saturated carbocycles. The fraction of sp³-hybridized carbons (Fsp3) is 0.333. The lowest BCUT2D eigenvalue weighted by Crippen LogP contribution is -2.31. The van der Waals surface area contributed by atoms with Crippen molar-refractivity contribution in [3.63, 3.8) is 0 Å². The number of carbonyl (C=O) groups excluding carboxylic acids is 2. The average Bonchev–Trinajstić information content (AvgIpc) is 3.31. The SMILES string of the molecule is O=C(/C=C/c1cn(Cc2ccccc2)nn1)OCC(=O)N1CCCC1. The molecule has 130 valence electrons. The second-order valence-electron chi connectivity index (χ2n) is 5.86. The summed E-state index contributed by atoms with van der Waals surface area (Å²) in [6, 6.07) is 9.90. The molecule has 1 aromatic heterocycles. The molecular formula is C18H20N4O3. The van der Waals surface area contributed by atoms with Crippen LogP contribution in [0.2, 0.25) is 0 Å². The van der Waals surface area contributed by atoms with Gasteiger partial charge < -0.3 is 9.64 Å². The van der Waals surface area contributed by atoms with E-state index < -0.39 is 5.97 Å². The molecule has 1 saturated heterocycles. The Morgan fingerprint density at radius 1 is 1.16 bits per heavy atom. The lowest BCUT2D eigenvalue weighted by Gasteiger charge is -2.14. The largest absolute Gasteiger partial charge is 0.452 e. The molecule has 0 N–H and O–H groups in total.